The summed E-state index contributed by atoms with van der Waals surface area (Å²) in [7, 11) is 0. The lowest BCUT2D eigenvalue weighted by atomic mass is 10.2. The fourth-order valence-electron chi connectivity index (χ4n) is 3.02. The molecule has 4 rings (SSSR count). The lowest BCUT2D eigenvalue weighted by molar-refractivity contribution is -0.116. The van der Waals surface area contributed by atoms with Crippen LogP contribution in [0.3, 0.4) is 0 Å². The number of hydrogen-bond acceptors (Lipinski definition) is 4. The molecule has 6 heteroatoms. The molecule has 0 saturated carbocycles. The Labute approximate surface area is 174 Å². The zero-order valence-electron chi connectivity index (χ0n) is 16.7. The van der Waals surface area contributed by atoms with Gasteiger partial charge >= 0.3 is 0 Å². The molecular weight excluding hydrogens is 376 g/mol. The first kappa shape index (κ1) is 19.4. The number of carbonyl (C=O) groups is 1. The summed E-state index contributed by atoms with van der Waals surface area (Å²) in [5, 5.41) is 2.87. The Morgan fingerprint density at radius 2 is 2.03 bits per heavy atom. The summed E-state index contributed by atoms with van der Waals surface area (Å²) < 4.78 is 7.70. The van der Waals surface area contributed by atoms with E-state index < -0.39 is 0 Å². The Bertz CT molecular complexity index is 1170. The van der Waals surface area contributed by atoms with Gasteiger partial charge in [-0.15, -0.1) is 0 Å². The van der Waals surface area contributed by atoms with Crippen molar-refractivity contribution in [2.45, 2.75) is 20.1 Å². The molecule has 0 atom stereocenters. The number of aromatic nitrogens is 3. The first-order valence-electron chi connectivity index (χ1n) is 9.68. The van der Waals surface area contributed by atoms with Crippen LogP contribution in [0.5, 0.6) is 5.75 Å². The minimum Gasteiger partial charge on any atom is -0.489 e. The number of carbonyl (C=O) groups excluding carboxylic acids is 1. The molecule has 4 aromatic rings. The molecule has 1 aromatic carbocycles. The number of ether oxygens (including phenoxy) is 1. The molecule has 0 radical (unpaired) electrons. The van der Waals surface area contributed by atoms with Gasteiger partial charge < -0.3 is 14.5 Å². The lowest BCUT2D eigenvalue weighted by Crippen LogP contribution is -2.20. The van der Waals surface area contributed by atoms with Crippen molar-refractivity contribution in [2.24, 2.45) is 0 Å². The zero-order valence-corrected chi connectivity index (χ0v) is 16.7. The van der Waals surface area contributed by atoms with Crippen LogP contribution >= 0.6 is 0 Å². The third-order valence-electron chi connectivity index (χ3n) is 4.61. The molecule has 1 amide bonds. The number of imidazole rings is 1. The Kier molecular flexibility index (Phi) is 5.85. The Morgan fingerprint density at radius 3 is 2.80 bits per heavy atom. The van der Waals surface area contributed by atoms with Crippen molar-refractivity contribution in [3.05, 3.63) is 102 Å². The summed E-state index contributed by atoms with van der Waals surface area (Å²) in [6.45, 7) is 2.86. The van der Waals surface area contributed by atoms with Crippen LogP contribution in [0, 0.1) is 6.92 Å². The van der Waals surface area contributed by atoms with Crippen LogP contribution in [0.25, 0.3) is 11.7 Å². The van der Waals surface area contributed by atoms with Gasteiger partial charge in [0, 0.05) is 36.4 Å². The van der Waals surface area contributed by atoms with E-state index in [1.165, 1.54) is 6.08 Å². The van der Waals surface area contributed by atoms with Gasteiger partial charge in [-0.05, 0) is 48.4 Å². The van der Waals surface area contributed by atoms with E-state index in [-0.39, 0.29) is 5.91 Å². The number of amides is 1. The maximum absolute atomic E-state index is 12.1. The minimum absolute atomic E-state index is 0.166. The van der Waals surface area contributed by atoms with E-state index in [0.29, 0.717) is 13.2 Å². The lowest BCUT2D eigenvalue weighted by Gasteiger charge is -2.06. The first-order valence-corrected chi connectivity index (χ1v) is 9.68. The van der Waals surface area contributed by atoms with Gasteiger partial charge in [0.25, 0.3) is 0 Å². The van der Waals surface area contributed by atoms with Crippen LogP contribution in [0.4, 0.5) is 0 Å². The molecule has 0 spiro atoms. The normalized spacial score (nSPS) is 11.1. The number of nitrogens with one attached hydrogen (secondary N) is 1. The Hall–Kier alpha value is -3.93. The highest BCUT2D eigenvalue weighted by Gasteiger charge is 2.04. The van der Waals surface area contributed by atoms with E-state index in [4.69, 9.17) is 4.74 Å². The largest absolute Gasteiger partial charge is 0.489 e. The van der Waals surface area contributed by atoms with Crippen LogP contribution in [0.2, 0.25) is 0 Å². The van der Waals surface area contributed by atoms with E-state index in [1.807, 2.05) is 72.2 Å². The van der Waals surface area contributed by atoms with Crippen molar-refractivity contribution in [3.8, 4) is 5.75 Å². The quantitative estimate of drug-likeness (QED) is 0.479. The standard InChI is InChI=1S/C24H22N4O2/c1-18-4-3-13-28-16-21(27-24(18)28)15-26-23(29)11-8-19-6-9-22(10-7-19)30-17-20-5-2-12-25-14-20/h2-14,16H,15,17H2,1H3,(H,26,29)/b11-8+. The number of benzene rings is 1. The zero-order chi connectivity index (χ0) is 20.8. The van der Waals surface area contributed by atoms with Gasteiger partial charge in [0.05, 0.1) is 12.2 Å². The maximum Gasteiger partial charge on any atom is 0.244 e. The van der Waals surface area contributed by atoms with E-state index in [9.17, 15) is 4.79 Å². The number of nitrogens with zero attached hydrogens (tertiary/aromatic N) is 3. The van der Waals surface area contributed by atoms with Gasteiger partial charge in [-0.3, -0.25) is 9.78 Å². The molecular formula is C24H22N4O2. The fraction of sp³-hybridized carbons (Fsp3) is 0.125. The van der Waals surface area contributed by atoms with Crippen molar-refractivity contribution in [1.29, 1.82) is 0 Å². The second kappa shape index (κ2) is 9.05. The highest BCUT2D eigenvalue weighted by Crippen LogP contribution is 2.15. The molecule has 3 heterocycles. The van der Waals surface area contributed by atoms with Crippen LogP contribution in [-0.4, -0.2) is 20.3 Å². The highest BCUT2D eigenvalue weighted by atomic mass is 16.5. The monoisotopic (exact) mass is 398 g/mol. The predicted octanol–water partition coefficient (Wildman–Crippen LogP) is 3.95. The fourth-order valence-corrected chi connectivity index (χ4v) is 3.02. The second-order valence-corrected chi connectivity index (χ2v) is 6.92. The molecule has 0 unspecified atom stereocenters. The summed E-state index contributed by atoms with van der Waals surface area (Å²) in [6.07, 6.45) is 10.7. The highest BCUT2D eigenvalue weighted by molar-refractivity contribution is 5.91. The van der Waals surface area contributed by atoms with Crippen molar-refractivity contribution in [3.63, 3.8) is 0 Å². The van der Waals surface area contributed by atoms with E-state index in [1.54, 1.807) is 18.5 Å². The third-order valence-corrected chi connectivity index (χ3v) is 4.61. The van der Waals surface area contributed by atoms with Gasteiger partial charge in [-0.1, -0.05) is 24.3 Å². The number of hydrogen-bond donors (Lipinski definition) is 1. The molecule has 0 aliphatic rings. The molecule has 0 saturated heterocycles. The molecule has 0 fully saturated rings. The summed E-state index contributed by atoms with van der Waals surface area (Å²) in [5.74, 6) is 0.600. The number of rotatable bonds is 7. The van der Waals surface area contributed by atoms with E-state index in [2.05, 4.69) is 15.3 Å². The van der Waals surface area contributed by atoms with Gasteiger partial charge in [0.2, 0.25) is 5.91 Å². The average Bonchev–Trinajstić information content (AvgIpc) is 3.21. The van der Waals surface area contributed by atoms with Crippen LogP contribution in [-0.2, 0) is 17.9 Å². The van der Waals surface area contributed by atoms with Crippen molar-refractivity contribution >= 4 is 17.6 Å². The first-order chi connectivity index (χ1) is 14.7. The second-order valence-electron chi connectivity index (χ2n) is 6.92. The maximum atomic E-state index is 12.1. The average molecular weight is 398 g/mol. The minimum atomic E-state index is -0.166. The van der Waals surface area contributed by atoms with E-state index >= 15 is 0 Å². The summed E-state index contributed by atoms with van der Waals surface area (Å²) >= 11 is 0. The third kappa shape index (κ3) is 4.91. The van der Waals surface area contributed by atoms with Crippen molar-refractivity contribution < 1.29 is 9.53 Å². The van der Waals surface area contributed by atoms with Crippen molar-refractivity contribution in [1.82, 2.24) is 19.7 Å². The van der Waals surface area contributed by atoms with Crippen LogP contribution < -0.4 is 10.1 Å². The number of pyridine rings is 2. The summed E-state index contributed by atoms with van der Waals surface area (Å²) in [4.78, 5) is 20.8. The molecule has 0 aliphatic carbocycles. The molecule has 6 nitrogen and oxygen atoms in total. The van der Waals surface area contributed by atoms with Crippen LogP contribution in [0.1, 0.15) is 22.4 Å². The Balaban J connectivity index is 1.28. The molecule has 30 heavy (non-hydrogen) atoms. The van der Waals surface area contributed by atoms with Gasteiger partial charge in [0.15, 0.2) is 0 Å². The smallest absolute Gasteiger partial charge is 0.244 e. The molecule has 3 aromatic heterocycles. The van der Waals surface area contributed by atoms with Gasteiger partial charge in [0.1, 0.15) is 18.0 Å². The molecule has 0 bridgehead atoms. The molecule has 0 aliphatic heterocycles. The van der Waals surface area contributed by atoms with E-state index in [0.717, 1.165) is 33.8 Å². The topological polar surface area (TPSA) is 68.5 Å². The Morgan fingerprint density at radius 1 is 1.17 bits per heavy atom. The van der Waals surface area contributed by atoms with Gasteiger partial charge in [-0.2, -0.15) is 0 Å². The van der Waals surface area contributed by atoms with Gasteiger partial charge in [-0.25, -0.2) is 4.98 Å². The number of fused-ring (bicyclic) bond motifs is 1. The summed E-state index contributed by atoms with van der Waals surface area (Å²) in [6, 6.07) is 15.4. The van der Waals surface area contributed by atoms with Crippen LogP contribution in [0.15, 0.2) is 79.4 Å². The molecule has 1 N–H and O–H groups in total. The summed E-state index contributed by atoms with van der Waals surface area (Å²) in [5.41, 5.74) is 4.76. The number of aryl methyl sites for hydroxylation is 1. The SMILES string of the molecule is Cc1cccn2cc(CNC(=O)/C=C/c3ccc(OCc4cccnc4)cc3)nc12. The molecule has 150 valence electrons. The predicted molar refractivity (Wildman–Crippen MR) is 116 cm³/mol. The van der Waals surface area contributed by atoms with Crippen molar-refractivity contribution in [2.75, 3.05) is 0 Å².